The predicted octanol–water partition coefficient (Wildman–Crippen LogP) is 4.17. The molecule has 0 aliphatic carbocycles. The lowest BCUT2D eigenvalue weighted by atomic mass is 10.2. The normalized spacial score (nSPS) is 12.8. The largest absolute Gasteiger partial charge is 0.413 e. The first-order chi connectivity index (χ1) is 7.76. The van der Waals surface area contributed by atoms with Gasteiger partial charge in [0.2, 0.25) is 0 Å². The summed E-state index contributed by atoms with van der Waals surface area (Å²) in [7, 11) is -1.64. The van der Waals surface area contributed by atoms with E-state index in [9.17, 15) is 0 Å². The van der Waals surface area contributed by atoms with Gasteiger partial charge in [0, 0.05) is 4.90 Å². The Morgan fingerprint density at radius 3 is 2.12 bits per heavy atom. The van der Waals surface area contributed by atoms with Crippen LogP contribution in [-0.4, -0.2) is 8.32 Å². The SMILES string of the molecule is CC(C)(C)[Si](C)(C)OCc1ccc(SN)cc1. The average Bonchev–Trinajstić information content (AvgIpc) is 2.25. The Bertz CT molecular complexity index is 357. The van der Waals surface area contributed by atoms with E-state index in [1.807, 2.05) is 12.1 Å². The van der Waals surface area contributed by atoms with Crippen LogP contribution < -0.4 is 5.14 Å². The molecule has 2 nitrogen and oxygen atoms in total. The van der Waals surface area contributed by atoms with E-state index in [1.165, 1.54) is 17.5 Å². The molecule has 0 spiro atoms. The van der Waals surface area contributed by atoms with E-state index in [-0.39, 0.29) is 5.04 Å². The molecule has 0 heterocycles. The molecular formula is C13H23NOSSi. The molecule has 0 atom stereocenters. The van der Waals surface area contributed by atoms with Gasteiger partial charge in [-0.15, -0.1) is 0 Å². The van der Waals surface area contributed by atoms with Gasteiger partial charge in [-0.1, -0.05) is 32.9 Å². The van der Waals surface area contributed by atoms with Crippen molar-refractivity contribution in [2.75, 3.05) is 0 Å². The fourth-order valence-corrected chi connectivity index (χ4v) is 2.40. The summed E-state index contributed by atoms with van der Waals surface area (Å²) in [6.45, 7) is 12.0. The topological polar surface area (TPSA) is 35.2 Å². The third kappa shape index (κ3) is 4.14. The highest BCUT2D eigenvalue weighted by Crippen LogP contribution is 2.37. The van der Waals surface area contributed by atoms with Gasteiger partial charge in [-0.2, -0.15) is 0 Å². The van der Waals surface area contributed by atoms with Gasteiger partial charge in [-0.25, -0.2) is 0 Å². The van der Waals surface area contributed by atoms with Crippen molar-refractivity contribution >= 4 is 20.3 Å². The first-order valence-electron chi connectivity index (χ1n) is 5.86. The first kappa shape index (κ1) is 14.8. The molecule has 4 heteroatoms. The second-order valence-corrected chi connectivity index (χ2v) is 11.3. The second kappa shape index (κ2) is 5.57. The maximum absolute atomic E-state index is 6.15. The predicted molar refractivity (Wildman–Crippen MR) is 78.5 cm³/mol. The zero-order valence-electron chi connectivity index (χ0n) is 11.4. The van der Waals surface area contributed by atoms with Gasteiger partial charge in [0.1, 0.15) is 0 Å². The fourth-order valence-electron chi connectivity index (χ4n) is 1.14. The molecule has 0 amide bonds. The van der Waals surface area contributed by atoms with Crippen molar-refractivity contribution in [2.24, 2.45) is 5.14 Å². The lowest BCUT2D eigenvalue weighted by Gasteiger charge is -2.36. The lowest BCUT2D eigenvalue weighted by Crippen LogP contribution is -2.40. The minimum atomic E-state index is -1.64. The number of nitrogens with two attached hydrogens (primary N) is 1. The van der Waals surface area contributed by atoms with E-state index in [1.54, 1.807) is 0 Å². The van der Waals surface area contributed by atoms with Crippen molar-refractivity contribution in [1.29, 1.82) is 0 Å². The summed E-state index contributed by atoms with van der Waals surface area (Å²) in [5.74, 6) is 0. The molecule has 1 aromatic rings. The van der Waals surface area contributed by atoms with Crippen LogP contribution in [0.4, 0.5) is 0 Å². The van der Waals surface area contributed by atoms with Crippen molar-refractivity contribution < 1.29 is 4.43 Å². The maximum atomic E-state index is 6.15. The highest BCUT2D eigenvalue weighted by atomic mass is 32.2. The quantitative estimate of drug-likeness (QED) is 0.658. The maximum Gasteiger partial charge on any atom is 0.192 e. The summed E-state index contributed by atoms with van der Waals surface area (Å²) < 4.78 is 6.15. The number of benzene rings is 1. The zero-order chi connectivity index (χ0) is 13.1. The molecule has 0 saturated carbocycles. The average molecular weight is 269 g/mol. The summed E-state index contributed by atoms with van der Waals surface area (Å²) in [6, 6.07) is 8.24. The van der Waals surface area contributed by atoms with Gasteiger partial charge in [-0.05, 0) is 47.8 Å². The van der Waals surface area contributed by atoms with Crippen LogP contribution in [0.1, 0.15) is 26.3 Å². The number of rotatable bonds is 4. The molecule has 96 valence electrons. The summed E-state index contributed by atoms with van der Waals surface area (Å²) in [6.07, 6.45) is 0. The van der Waals surface area contributed by atoms with Crippen LogP contribution >= 0.6 is 11.9 Å². The van der Waals surface area contributed by atoms with E-state index in [0.29, 0.717) is 6.61 Å². The number of hydrogen-bond donors (Lipinski definition) is 1. The highest BCUT2D eigenvalue weighted by molar-refractivity contribution is 7.97. The molecule has 0 aromatic heterocycles. The van der Waals surface area contributed by atoms with Gasteiger partial charge < -0.3 is 4.43 Å². The van der Waals surface area contributed by atoms with Crippen LogP contribution in [0.2, 0.25) is 18.1 Å². The van der Waals surface area contributed by atoms with Gasteiger partial charge in [-0.3, -0.25) is 5.14 Å². The molecule has 0 radical (unpaired) electrons. The van der Waals surface area contributed by atoms with Gasteiger partial charge >= 0.3 is 0 Å². The van der Waals surface area contributed by atoms with Crippen LogP contribution in [0.25, 0.3) is 0 Å². The molecule has 0 unspecified atom stereocenters. The lowest BCUT2D eigenvalue weighted by molar-refractivity contribution is 0.276. The standard InChI is InChI=1S/C13H23NOSSi/c1-13(2,3)17(4,5)15-10-11-6-8-12(16-14)9-7-11/h6-9H,10,14H2,1-5H3. The monoisotopic (exact) mass is 269 g/mol. The molecule has 0 aliphatic heterocycles. The van der Waals surface area contributed by atoms with Crippen LogP contribution in [-0.2, 0) is 11.0 Å². The Morgan fingerprint density at radius 2 is 1.71 bits per heavy atom. The third-order valence-corrected chi connectivity index (χ3v) is 8.49. The van der Waals surface area contributed by atoms with E-state index in [0.717, 1.165) is 4.90 Å². The van der Waals surface area contributed by atoms with Crippen LogP contribution in [0.3, 0.4) is 0 Å². The smallest absolute Gasteiger partial charge is 0.192 e. The van der Waals surface area contributed by atoms with Gasteiger partial charge in [0.25, 0.3) is 0 Å². The summed E-state index contributed by atoms with van der Waals surface area (Å²) in [5.41, 5.74) is 1.22. The Kier molecular flexibility index (Phi) is 4.83. The van der Waals surface area contributed by atoms with Crippen LogP contribution in [0, 0.1) is 0 Å². The van der Waals surface area contributed by atoms with Gasteiger partial charge in [0.15, 0.2) is 8.32 Å². The summed E-state index contributed by atoms with van der Waals surface area (Å²) in [5, 5.41) is 5.76. The molecule has 1 rings (SSSR count). The van der Waals surface area contributed by atoms with E-state index >= 15 is 0 Å². The fraction of sp³-hybridized carbons (Fsp3) is 0.538. The highest BCUT2D eigenvalue weighted by Gasteiger charge is 2.36. The molecule has 17 heavy (non-hydrogen) atoms. The van der Waals surface area contributed by atoms with E-state index in [4.69, 9.17) is 9.56 Å². The van der Waals surface area contributed by atoms with Crippen molar-refractivity contribution in [3.8, 4) is 0 Å². The first-order valence-corrected chi connectivity index (χ1v) is 9.65. The Morgan fingerprint density at radius 1 is 1.18 bits per heavy atom. The molecule has 1 aromatic carbocycles. The molecule has 0 aliphatic rings. The molecule has 0 fully saturated rings. The minimum absolute atomic E-state index is 0.264. The summed E-state index contributed by atoms with van der Waals surface area (Å²) in [4.78, 5) is 1.08. The van der Waals surface area contributed by atoms with E-state index in [2.05, 4.69) is 46.0 Å². The van der Waals surface area contributed by atoms with Crippen molar-refractivity contribution in [3.05, 3.63) is 29.8 Å². The molecule has 0 saturated heterocycles. The van der Waals surface area contributed by atoms with Crippen molar-refractivity contribution in [2.45, 2.75) is 50.4 Å². The summed E-state index contributed by atoms with van der Waals surface area (Å²) >= 11 is 1.27. The Hall–Kier alpha value is -0.293. The minimum Gasteiger partial charge on any atom is -0.413 e. The second-order valence-electron chi connectivity index (χ2n) is 5.81. The Balaban J connectivity index is 2.61. The third-order valence-electron chi connectivity index (χ3n) is 3.47. The molecular weight excluding hydrogens is 246 g/mol. The van der Waals surface area contributed by atoms with Gasteiger partial charge in [0.05, 0.1) is 6.61 Å². The van der Waals surface area contributed by atoms with Crippen LogP contribution in [0.15, 0.2) is 29.2 Å². The zero-order valence-corrected chi connectivity index (χ0v) is 13.2. The van der Waals surface area contributed by atoms with Crippen molar-refractivity contribution in [3.63, 3.8) is 0 Å². The molecule has 0 bridgehead atoms. The van der Waals surface area contributed by atoms with Crippen molar-refractivity contribution in [1.82, 2.24) is 0 Å². The van der Waals surface area contributed by atoms with E-state index < -0.39 is 8.32 Å². The Labute approximate surface area is 110 Å². The number of hydrogen-bond acceptors (Lipinski definition) is 3. The molecule has 2 N–H and O–H groups in total. The van der Waals surface area contributed by atoms with Crippen LogP contribution in [0.5, 0.6) is 0 Å².